The summed E-state index contributed by atoms with van der Waals surface area (Å²) in [6.07, 6.45) is -5.17. The number of rotatable bonds is 11. The Hall–Kier alpha value is -4.09. The van der Waals surface area contributed by atoms with E-state index in [9.17, 15) is 32.3 Å². The minimum absolute atomic E-state index is 0.213. The highest BCUT2D eigenvalue weighted by Crippen LogP contribution is 2.23. The number of methoxy groups -OCH3 is 2. The Morgan fingerprint density at radius 3 is 1.92 bits per heavy atom. The van der Waals surface area contributed by atoms with Crippen LogP contribution in [-0.4, -0.2) is 56.0 Å². The fourth-order valence-electron chi connectivity index (χ4n) is 3.42. The Morgan fingerprint density at radius 2 is 1.39 bits per heavy atom. The van der Waals surface area contributed by atoms with Crippen LogP contribution in [0.4, 0.5) is 13.2 Å². The number of carbonyl (C=O) groups excluding carboxylic acids is 4. The van der Waals surface area contributed by atoms with Gasteiger partial charge >= 0.3 is 6.18 Å². The molecule has 0 fully saturated rings. The van der Waals surface area contributed by atoms with Crippen LogP contribution >= 0.6 is 0 Å². The molecule has 0 bridgehead atoms. The Kier molecular flexibility index (Phi) is 10.3. The van der Waals surface area contributed by atoms with Crippen molar-refractivity contribution < 1.29 is 41.8 Å². The second-order valence-corrected chi connectivity index (χ2v) is 8.73. The molecule has 0 aliphatic carbocycles. The predicted molar refractivity (Wildman–Crippen MR) is 132 cm³/mol. The van der Waals surface area contributed by atoms with Crippen LogP contribution < -0.4 is 25.4 Å². The van der Waals surface area contributed by atoms with Crippen molar-refractivity contribution in [1.82, 2.24) is 16.0 Å². The van der Waals surface area contributed by atoms with E-state index in [1.165, 1.54) is 71.4 Å². The lowest BCUT2D eigenvalue weighted by molar-refractivity contribution is -0.175. The SMILES string of the molecule is COc1ccc(C(NC(=O)C(C)NC(=O)c2cccc(OC)c2)C(=O)NC(C(=O)C(F)(F)F)C(C)C)cc1. The molecule has 38 heavy (non-hydrogen) atoms. The zero-order chi connectivity index (χ0) is 28.6. The molecule has 0 heterocycles. The van der Waals surface area contributed by atoms with Crippen LogP contribution in [-0.2, 0) is 14.4 Å². The van der Waals surface area contributed by atoms with Crippen molar-refractivity contribution >= 4 is 23.5 Å². The quantitative estimate of drug-likeness (QED) is 0.405. The van der Waals surface area contributed by atoms with Crippen LogP contribution in [0, 0.1) is 5.92 Å². The molecule has 0 aliphatic rings. The Labute approximate surface area is 218 Å². The number of ether oxygens (including phenoxy) is 2. The molecule has 0 spiro atoms. The average Bonchev–Trinajstić information content (AvgIpc) is 2.88. The molecule has 0 aromatic heterocycles. The maximum atomic E-state index is 13.1. The van der Waals surface area contributed by atoms with Crippen molar-refractivity contribution in [3.05, 3.63) is 59.7 Å². The summed E-state index contributed by atoms with van der Waals surface area (Å²) < 4.78 is 49.5. The lowest BCUT2D eigenvalue weighted by Crippen LogP contribution is -2.54. The van der Waals surface area contributed by atoms with E-state index < -0.39 is 53.7 Å². The normalized spacial score (nSPS) is 13.6. The molecule has 0 saturated carbocycles. The first-order valence-corrected chi connectivity index (χ1v) is 11.6. The van der Waals surface area contributed by atoms with E-state index in [4.69, 9.17) is 9.47 Å². The molecule has 0 saturated heterocycles. The highest BCUT2D eigenvalue weighted by atomic mass is 19.4. The van der Waals surface area contributed by atoms with Crippen LogP contribution in [0.5, 0.6) is 11.5 Å². The fourth-order valence-corrected chi connectivity index (χ4v) is 3.42. The largest absolute Gasteiger partial charge is 0.497 e. The first-order chi connectivity index (χ1) is 17.8. The van der Waals surface area contributed by atoms with Crippen LogP contribution in [0.3, 0.4) is 0 Å². The van der Waals surface area contributed by atoms with Gasteiger partial charge in [0.1, 0.15) is 23.6 Å². The van der Waals surface area contributed by atoms with Crippen LogP contribution in [0.15, 0.2) is 48.5 Å². The van der Waals surface area contributed by atoms with E-state index in [1.807, 2.05) is 0 Å². The topological polar surface area (TPSA) is 123 Å². The number of benzene rings is 2. The van der Waals surface area contributed by atoms with Crippen LogP contribution in [0.1, 0.15) is 42.7 Å². The summed E-state index contributed by atoms with van der Waals surface area (Å²) in [6.45, 7) is 4.08. The molecule has 12 heteroatoms. The maximum absolute atomic E-state index is 13.1. The lowest BCUT2D eigenvalue weighted by atomic mass is 9.97. The first kappa shape index (κ1) is 30.1. The molecule has 0 aliphatic heterocycles. The molecule has 2 rings (SSSR count). The molecule has 2 aromatic rings. The number of alkyl halides is 3. The Bertz CT molecular complexity index is 1150. The maximum Gasteiger partial charge on any atom is 0.452 e. The summed E-state index contributed by atoms with van der Waals surface area (Å²) in [4.78, 5) is 50.6. The molecule has 206 valence electrons. The number of hydrogen-bond acceptors (Lipinski definition) is 6. The van der Waals surface area contributed by atoms with Gasteiger partial charge in [0.05, 0.1) is 20.3 Å². The van der Waals surface area contributed by atoms with Gasteiger partial charge in [-0.2, -0.15) is 13.2 Å². The van der Waals surface area contributed by atoms with E-state index in [0.717, 1.165) is 0 Å². The molecular weight excluding hydrogens is 507 g/mol. The van der Waals surface area contributed by atoms with Crippen molar-refractivity contribution in [3.8, 4) is 11.5 Å². The van der Waals surface area contributed by atoms with Gasteiger partial charge in [0.2, 0.25) is 11.8 Å². The molecule has 3 amide bonds. The molecule has 3 atom stereocenters. The third kappa shape index (κ3) is 7.95. The van der Waals surface area contributed by atoms with Gasteiger partial charge in [-0.15, -0.1) is 0 Å². The summed E-state index contributed by atoms with van der Waals surface area (Å²) in [5.41, 5.74) is 0.434. The van der Waals surface area contributed by atoms with Crippen molar-refractivity contribution in [2.75, 3.05) is 14.2 Å². The van der Waals surface area contributed by atoms with Crippen molar-refractivity contribution in [2.24, 2.45) is 5.92 Å². The van der Waals surface area contributed by atoms with Crippen LogP contribution in [0.2, 0.25) is 0 Å². The summed E-state index contributed by atoms with van der Waals surface area (Å²) in [6, 6.07) is 7.61. The highest BCUT2D eigenvalue weighted by Gasteiger charge is 2.45. The number of Topliss-reactive ketones (excluding diaryl/α,β-unsaturated/α-hetero) is 1. The number of carbonyl (C=O) groups is 4. The summed E-state index contributed by atoms with van der Waals surface area (Å²) in [5.74, 6) is -4.55. The van der Waals surface area contributed by atoms with Crippen molar-refractivity contribution in [3.63, 3.8) is 0 Å². The van der Waals surface area contributed by atoms with Crippen LogP contribution in [0.25, 0.3) is 0 Å². The van der Waals surface area contributed by atoms with Gasteiger partial charge in [-0.05, 0) is 48.7 Å². The summed E-state index contributed by atoms with van der Waals surface area (Å²) >= 11 is 0. The molecule has 3 N–H and O–H groups in total. The van der Waals surface area contributed by atoms with Gasteiger partial charge in [0.15, 0.2) is 0 Å². The monoisotopic (exact) mass is 537 g/mol. The molecular formula is C26H30F3N3O6. The zero-order valence-electron chi connectivity index (χ0n) is 21.5. The Balaban J connectivity index is 2.27. The van der Waals surface area contributed by atoms with Gasteiger partial charge in [-0.3, -0.25) is 19.2 Å². The number of hydrogen-bond donors (Lipinski definition) is 3. The minimum Gasteiger partial charge on any atom is -0.497 e. The third-order valence-electron chi connectivity index (χ3n) is 5.60. The second-order valence-electron chi connectivity index (χ2n) is 8.73. The highest BCUT2D eigenvalue weighted by molar-refractivity contribution is 5.99. The van der Waals surface area contributed by atoms with Gasteiger partial charge in [-0.1, -0.05) is 32.0 Å². The molecule has 0 radical (unpaired) electrons. The summed E-state index contributed by atoms with van der Waals surface area (Å²) in [5, 5.41) is 7.06. The third-order valence-corrected chi connectivity index (χ3v) is 5.60. The van der Waals surface area contributed by atoms with E-state index in [1.54, 1.807) is 12.1 Å². The smallest absolute Gasteiger partial charge is 0.452 e. The van der Waals surface area contributed by atoms with Crippen molar-refractivity contribution in [1.29, 1.82) is 0 Å². The van der Waals surface area contributed by atoms with E-state index in [-0.39, 0.29) is 11.1 Å². The van der Waals surface area contributed by atoms with E-state index in [0.29, 0.717) is 11.5 Å². The average molecular weight is 538 g/mol. The fraction of sp³-hybridized carbons (Fsp3) is 0.385. The summed E-state index contributed by atoms with van der Waals surface area (Å²) in [7, 11) is 2.85. The number of ketones is 1. The second kappa shape index (κ2) is 12.9. The van der Waals surface area contributed by atoms with Gasteiger partial charge in [0, 0.05) is 5.56 Å². The molecule has 3 unspecified atom stereocenters. The van der Waals surface area contributed by atoms with Gasteiger partial charge in [0.25, 0.3) is 11.7 Å². The first-order valence-electron chi connectivity index (χ1n) is 11.6. The zero-order valence-corrected chi connectivity index (χ0v) is 21.5. The number of amides is 3. The standard InChI is InChI=1S/C26H30F3N3O6/c1-14(2)20(22(33)26(27,28)29)31-25(36)21(16-9-11-18(37-4)12-10-16)32-23(34)15(3)30-24(35)17-7-6-8-19(13-17)38-5/h6-15,20-21H,1-5H3,(H,30,35)(H,31,36)(H,32,34). The molecule has 2 aromatic carbocycles. The van der Waals surface area contributed by atoms with E-state index >= 15 is 0 Å². The van der Waals surface area contributed by atoms with Gasteiger partial charge in [-0.25, -0.2) is 0 Å². The predicted octanol–water partition coefficient (Wildman–Crippen LogP) is 2.95. The molecule has 9 nitrogen and oxygen atoms in total. The van der Waals surface area contributed by atoms with Gasteiger partial charge < -0.3 is 25.4 Å². The minimum atomic E-state index is -5.17. The number of halogens is 3. The van der Waals surface area contributed by atoms with E-state index in [2.05, 4.69) is 16.0 Å². The van der Waals surface area contributed by atoms with Crippen molar-refractivity contribution in [2.45, 2.75) is 45.1 Å². The number of nitrogens with one attached hydrogen (secondary N) is 3. The lowest BCUT2D eigenvalue weighted by Gasteiger charge is -2.26. The Morgan fingerprint density at radius 1 is 0.789 bits per heavy atom.